The summed E-state index contributed by atoms with van der Waals surface area (Å²) in [6.07, 6.45) is 1.77. The van der Waals surface area contributed by atoms with E-state index in [-0.39, 0.29) is 23.3 Å². The predicted molar refractivity (Wildman–Crippen MR) is 113 cm³/mol. The molecule has 2 aromatic carbocycles. The highest BCUT2D eigenvalue weighted by atomic mass is 32.1. The van der Waals surface area contributed by atoms with Crippen molar-refractivity contribution in [3.63, 3.8) is 0 Å². The second-order valence-corrected chi connectivity index (χ2v) is 8.29. The van der Waals surface area contributed by atoms with E-state index in [1.54, 1.807) is 11.0 Å². The first-order chi connectivity index (χ1) is 13.9. The summed E-state index contributed by atoms with van der Waals surface area (Å²) in [4.78, 5) is 30.3. The molecule has 1 amide bonds. The molecule has 1 fully saturated rings. The molecule has 0 bridgehead atoms. The van der Waals surface area contributed by atoms with Crippen LogP contribution < -0.4 is 4.90 Å². The van der Waals surface area contributed by atoms with Gasteiger partial charge in [0.25, 0.3) is 11.6 Å². The molecule has 3 aromatic rings. The minimum absolute atomic E-state index is 0.0625. The van der Waals surface area contributed by atoms with Crippen molar-refractivity contribution in [3.8, 4) is 0 Å². The smallest absolute Gasteiger partial charge is 0.270 e. The van der Waals surface area contributed by atoms with E-state index in [9.17, 15) is 14.9 Å². The number of benzene rings is 2. The van der Waals surface area contributed by atoms with Crippen molar-refractivity contribution >= 4 is 38.3 Å². The Bertz CT molecular complexity index is 1090. The van der Waals surface area contributed by atoms with Crippen LogP contribution in [0.3, 0.4) is 0 Å². The molecule has 29 heavy (non-hydrogen) atoms. The lowest BCUT2D eigenvalue weighted by Crippen LogP contribution is -2.37. The Morgan fingerprint density at radius 2 is 2.17 bits per heavy atom. The summed E-state index contributed by atoms with van der Waals surface area (Å²) < 4.78 is 6.76. The lowest BCUT2D eigenvalue weighted by Gasteiger charge is -2.23. The number of thiazole rings is 1. The average Bonchev–Trinajstić information content (AvgIpc) is 3.35. The third-order valence-corrected chi connectivity index (χ3v) is 6.03. The fourth-order valence-electron chi connectivity index (χ4n) is 3.62. The molecule has 1 saturated heterocycles. The van der Waals surface area contributed by atoms with Gasteiger partial charge in [0.1, 0.15) is 0 Å². The van der Waals surface area contributed by atoms with Gasteiger partial charge in [-0.1, -0.05) is 23.5 Å². The Morgan fingerprint density at radius 3 is 2.90 bits per heavy atom. The number of non-ortho nitro benzene ring substituents is 1. The molecule has 150 valence electrons. The van der Waals surface area contributed by atoms with Crippen molar-refractivity contribution in [1.82, 2.24) is 4.98 Å². The molecule has 1 unspecified atom stereocenters. The van der Waals surface area contributed by atoms with Gasteiger partial charge in [-0.05, 0) is 49.9 Å². The van der Waals surface area contributed by atoms with Crippen LogP contribution >= 0.6 is 11.3 Å². The van der Waals surface area contributed by atoms with Crippen LogP contribution in [0, 0.1) is 24.0 Å². The van der Waals surface area contributed by atoms with E-state index < -0.39 is 4.92 Å². The highest BCUT2D eigenvalue weighted by molar-refractivity contribution is 7.22. The minimum Gasteiger partial charge on any atom is -0.376 e. The molecule has 1 atom stereocenters. The highest BCUT2D eigenvalue weighted by Gasteiger charge is 2.28. The Morgan fingerprint density at radius 1 is 1.34 bits per heavy atom. The van der Waals surface area contributed by atoms with Crippen molar-refractivity contribution in [2.24, 2.45) is 0 Å². The van der Waals surface area contributed by atoms with Crippen molar-refractivity contribution in [2.45, 2.75) is 32.8 Å². The quantitative estimate of drug-likeness (QED) is 0.451. The highest BCUT2D eigenvalue weighted by Crippen LogP contribution is 2.33. The van der Waals surface area contributed by atoms with Gasteiger partial charge in [-0.3, -0.25) is 19.8 Å². The average molecular weight is 411 g/mol. The summed E-state index contributed by atoms with van der Waals surface area (Å²) in [5.41, 5.74) is 3.23. The fraction of sp³-hybridized carbons (Fsp3) is 0.333. The van der Waals surface area contributed by atoms with Crippen molar-refractivity contribution < 1.29 is 14.5 Å². The molecule has 0 saturated carbocycles. The molecule has 8 heteroatoms. The fourth-order valence-corrected chi connectivity index (χ4v) is 4.77. The molecule has 1 aromatic heterocycles. The van der Waals surface area contributed by atoms with Crippen LogP contribution in [0.4, 0.5) is 10.8 Å². The zero-order valence-electron chi connectivity index (χ0n) is 16.3. The zero-order valence-corrected chi connectivity index (χ0v) is 17.1. The van der Waals surface area contributed by atoms with Crippen molar-refractivity contribution in [2.75, 3.05) is 18.1 Å². The van der Waals surface area contributed by atoms with Crippen LogP contribution in [0.1, 0.15) is 34.3 Å². The molecule has 0 radical (unpaired) electrons. The number of ether oxygens (including phenoxy) is 1. The Labute approximate surface area is 172 Å². The summed E-state index contributed by atoms with van der Waals surface area (Å²) >= 11 is 1.46. The number of hydrogen-bond donors (Lipinski definition) is 0. The summed E-state index contributed by atoms with van der Waals surface area (Å²) in [5, 5.41) is 11.7. The SMILES string of the molecule is Cc1cc(C)c2nc(N(CC3CCCO3)C(=O)c3cccc([N+](=O)[O-])c3)sc2c1. The summed E-state index contributed by atoms with van der Waals surface area (Å²) in [5.74, 6) is -0.308. The predicted octanol–water partition coefficient (Wildman–Crippen LogP) is 4.65. The molecule has 0 spiro atoms. The van der Waals surface area contributed by atoms with Crippen LogP contribution in [-0.4, -0.2) is 35.1 Å². The molecular weight excluding hydrogens is 390 g/mol. The number of aromatic nitrogens is 1. The topological polar surface area (TPSA) is 85.6 Å². The Balaban J connectivity index is 1.75. The number of amides is 1. The van der Waals surface area contributed by atoms with Crippen LogP contribution in [0.15, 0.2) is 36.4 Å². The first kappa shape index (κ1) is 19.5. The third-order valence-electron chi connectivity index (χ3n) is 5.01. The van der Waals surface area contributed by atoms with Gasteiger partial charge in [0.2, 0.25) is 0 Å². The number of anilines is 1. The van der Waals surface area contributed by atoms with E-state index in [4.69, 9.17) is 9.72 Å². The molecule has 0 aliphatic carbocycles. The van der Waals surface area contributed by atoms with E-state index in [0.29, 0.717) is 18.3 Å². The van der Waals surface area contributed by atoms with Crippen molar-refractivity contribution in [3.05, 3.63) is 63.2 Å². The van der Waals surface area contributed by atoms with Gasteiger partial charge in [-0.25, -0.2) is 4.98 Å². The number of hydrogen-bond acceptors (Lipinski definition) is 6. The minimum atomic E-state index is -0.495. The molecule has 2 heterocycles. The van der Waals surface area contributed by atoms with Gasteiger partial charge in [0, 0.05) is 24.3 Å². The van der Waals surface area contributed by atoms with Gasteiger partial charge in [0.15, 0.2) is 5.13 Å². The van der Waals surface area contributed by atoms with Gasteiger partial charge in [-0.2, -0.15) is 0 Å². The zero-order chi connectivity index (χ0) is 20.5. The lowest BCUT2D eigenvalue weighted by atomic mass is 10.1. The first-order valence-corrected chi connectivity index (χ1v) is 10.3. The Kier molecular flexibility index (Phi) is 5.29. The maximum atomic E-state index is 13.4. The van der Waals surface area contributed by atoms with Crippen LogP contribution in [0.5, 0.6) is 0 Å². The van der Waals surface area contributed by atoms with E-state index >= 15 is 0 Å². The first-order valence-electron chi connectivity index (χ1n) is 9.48. The molecular formula is C21H21N3O4S. The molecule has 0 N–H and O–H groups in total. The number of fused-ring (bicyclic) bond motifs is 1. The van der Waals surface area contributed by atoms with Gasteiger partial charge >= 0.3 is 0 Å². The normalized spacial score (nSPS) is 16.3. The maximum Gasteiger partial charge on any atom is 0.270 e. The van der Waals surface area contributed by atoms with E-state index in [2.05, 4.69) is 12.1 Å². The number of nitro benzene ring substituents is 1. The second-order valence-electron chi connectivity index (χ2n) is 7.28. The monoisotopic (exact) mass is 411 g/mol. The van der Waals surface area contributed by atoms with Crippen LogP contribution in [0.2, 0.25) is 0 Å². The van der Waals surface area contributed by atoms with Crippen LogP contribution in [0.25, 0.3) is 10.2 Å². The number of aryl methyl sites for hydroxylation is 2. The standard InChI is InChI=1S/C21H21N3O4S/c1-13-9-14(2)19-18(10-13)29-21(22-19)23(12-17-7-4-8-28-17)20(25)15-5-3-6-16(11-15)24(26)27/h3,5-6,9-11,17H,4,7-8,12H2,1-2H3. The van der Waals surface area contributed by atoms with Gasteiger partial charge < -0.3 is 4.74 Å². The van der Waals surface area contributed by atoms with Crippen LogP contribution in [-0.2, 0) is 4.74 Å². The number of rotatable bonds is 5. The van der Waals surface area contributed by atoms with Gasteiger partial charge in [-0.15, -0.1) is 0 Å². The third kappa shape index (κ3) is 3.99. The second kappa shape index (κ2) is 7.88. The van der Waals surface area contributed by atoms with E-state index in [1.807, 2.05) is 13.8 Å². The number of carbonyl (C=O) groups excluding carboxylic acids is 1. The molecule has 7 nitrogen and oxygen atoms in total. The molecule has 1 aliphatic heterocycles. The maximum absolute atomic E-state index is 13.4. The molecule has 1 aliphatic rings. The van der Waals surface area contributed by atoms with Crippen molar-refractivity contribution in [1.29, 1.82) is 0 Å². The van der Waals surface area contributed by atoms with E-state index in [1.165, 1.54) is 29.5 Å². The number of nitrogens with zero attached hydrogens (tertiary/aromatic N) is 3. The number of nitro groups is 1. The Hall–Kier alpha value is -2.84. The lowest BCUT2D eigenvalue weighted by molar-refractivity contribution is -0.384. The van der Waals surface area contributed by atoms with E-state index in [0.717, 1.165) is 34.2 Å². The molecule has 4 rings (SSSR count). The van der Waals surface area contributed by atoms with Gasteiger partial charge in [0.05, 0.1) is 27.8 Å². The summed E-state index contributed by atoms with van der Waals surface area (Å²) in [6, 6.07) is 9.95. The summed E-state index contributed by atoms with van der Waals surface area (Å²) in [7, 11) is 0. The summed E-state index contributed by atoms with van der Waals surface area (Å²) in [6.45, 7) is 5.09. The number of carbonyl (C=O) groups is 1. The largest absolute Gasteiger partial charge is 0.376 e.